The Kier molecular flexibility index (Phi) is 12.0. The van der Waals surface area contributed by atoms with Gasteiger partial charge in [0.25, 0.3) is 0 Å². The number of nitrogens with one attached hydrogen (secondary N) is 1. The fraction of sp³-hybridized carbons (Fsp3) is 0.548. The van der Waals surface area contributed by atoms with Gasteiger partial charge in [0, 0.05) is 62.3 Å². The van der Waals surface area contributed by atoms with Gasteiger partial charge in [-0.05, 0) is 67.3 Å². The molecule has 230 valence electrons. The van der Waals surface area contributed by atoms with Crippen molar-refractivity contribution in [2.45, 2.75) is 56.7 Å². The molecule has 42 heavy (non-hydrogen) atoms. The topological polar surface area (TPSA) is 65.1 Å². The maximum Gasteiger partial charge on any atom is 0.318 e. The predicted molar refractivity (Wildman–Crippen MR) is 167 cm³/mol. The van der Waals surface area contributed by atoms with Crippen LogP contribution < -0.4 is 10.1 Å². The van der Waals surface area contributed by atoms with Gasteiger partial charge >= 0.3 is 6.03 Å². The molecule has 0 aliphatic carbocycles. The highest BCUT2D eigenvalue weighted by Gasteiger charge is 2.32. The quantitative estimate of drug-likeness (QED) is 0.367. The summed E-state index contributed by atoms with van der Waals surface area (Å²) in [5.41, 5.74) is 1.92. The average molecular weight is 642 g/mol. The van der Waals surface area contributed by atoms with Gasteiger partial charge in [-0.2, -0.15) is 0 Å². The van der Waals surface area contributed by atoms with Crippen LogP contribution in [0.5, 0.6) is 5.75 Å². The minimum atomic E-state index is -0.730. The average Bonchev–Trinajstić information content (AvgIpc) is 3.66. The zero-order chi connectivity index (χ0) is 28.8. The van der Waals surface area contributed by atoms with Crippen molar-refractivity contribution >= 4 is 47.5 Å². The molecule has 0 unspecified atom stereocenters. The Morgan fingerprint density at radius 3 is 2.40 bits per heavy atom. The zero-order valence-electron chi connectivity index (χ0n) is 23.8. The van der Waals surface area contributed by atoms with Crippen molar-refractivity contribution in [3.63, 3.8) is 0 Å². The van der Waals surface area contributed by atoms with Crippen LogP contribution in [0.2, 0.25) is 10.0 Å². The molecule has 3 amide bonds. The number of amides is 3. The van der Waals surface area contributed by atoms with Crippen LogP contribution in [0.15, 0.2) is 42.5 Å². The first kappa shape index (κ1) is 32.6. The van der Waals surface area contributed by atoms with E-state index in [9.17, 15) is 14.0 Å². The van der Waals surface area contributed by atoms with Gasteiger partial charge in [0.05, 0.1) is 0 Å². The third kappa shape index (κ3) is 8.43. The fourth-order valence-corrected chi connectivity index (χ4v) is 6.61. The molecule has 0 radical (unpaired) electrons. The minimum Gasteiger partial charge on any atom is -0.492 e. The minimum absolute atomic E-state index is 0. The smallest absolute Gasteiger partial charge is 0.318 e. The molecule has 3 fully saturated rings. The lowest BCUT2D eigenvalue weighted by atomic mass is 9.88. The third-order valence-corrected chi connectivity index (χ3v) is 9.06. The van der Waals surface area contributed by atoms with Gasteiger partial charge in [0.15, 0.2) is 0 Å². The normalized spacial score (nSPS) is 20.3. The van der Waals surface area contributed by atoms with E-state index in [0.717, 1.165) is 49.1 Å². The van der Waals surface area contributed by atoms with Crippen molar-refractivity contribution in [3.05, 3.63) is 63.6 Å². The highest BCUT2D eigenvalue weighted by molar-refractivity contribution is 6.35. The molecule has 3 heterocycles. The van der Waals surface area contributed by atoms with Crippen molar-refractivity contribution in [2.75, 3.05) is 52.4 Å². The lowest BCUT2D eigenvalue weighted by Gasteiger charge is -2.35. The number of alkyl halides is 1. The molecule has 11 heteroatoms. The molecule has 0 bridgehead atoms. The monoisotopic (exact) mass is 640 g/mol. The molecule has 3 aliphatic heterocycles. The van der Waals surface area contributed by atoms with E-state index in [1.807, 2.05) is 29.2 Å². The van der Waals surface area contributed by atoms with Crippen LogP contribution in [0.4, 0.5) is 9.18 Å². The number of piperidine rings is 1. The molecule has 0 saturated carbocycles. The Hall–Kier alpha value is -2.26. The van der Waals surface area contributed by atoms with Crippen molar-refractivity contribution in [1.82, 2.24) is 20.0 Å². The summed E-state index contributed by atoms with van der Waals surface area (Å²) in [6.45, 7) is 5.09. The zero-order valence-corrected chi connectivity index (χ0v) is 26.1. The van der Waals surface area contributed by atoms with Crippen LogP contribution in [-0.4, -0.2) is 91.3 Å². The van der Waals surface area contributed by atoms with E-state index in [4.69, 9.17) is 27.9 Å². The first-order chi connectivity index (χ1) is 19.9. The van der Waals surface area contributed by atoms with Gasteiger partial charge in [-0.1, -0.05) is 47.5 Å². The number of ether oxygens (including phenoxy) is 1. The molecular weight excluding hydrogens is 602 g/mol. The number of carbonyl (C=O) groups excluding carboxylic acids is 2. The molecule has 0 aromatic heterocycles. The molecule has 3 aliphatic rings. The number of carbonyl (C=O) groups is 2. The largest absolute Gasteiger partial charge is 0.492 e. The number of hydrogen-bond acceptors (Lipinski definition) is 4. The first-order valence-electron chi connectivity index (χ1n) is 14.7. The second-order valence-electron chi connectivity index (χ2n) is 11.3. The Morgan fingerprint density at radius 2 is 1.71 bits per heavy atom. The van der Waals surface area contributed by atoms with E-state index in [1.54, 1.807) is 17.0 Å². The van der Waals surface area contributed by atoms with Crippen molar-refractivity contribution in [2.24, 2.45) is 0 Å². The summed E-state index contributed by atoms with van der Waals surface area (Å²) in [5, 5.41) is 4.01. The molecule has 2 aromatic carbocycles. The van der Waals surface area contributed by atoms with E-state index >= 15 is 0 Å². The number of halogens is 4. The van der Waals surface area contributed by atoms with E-state index in [-0.39, 0.29) is 30.3 Å². The van der Waals surface area contributed by atoms with Crippen molar-refractivity contribution in [3.8, 4) is 5.75 Å². The van der Waals surface area contributed by atoms with E-state index in [0.29, 0.717) is 68.8 Å². The van der Waals surface area contributed by atoms with Crippen LogP contribution in [0.3, 0.4) is 0 Å². The summed E-state index contributed by atoms with van der Waals surface area (Å²) in [6, 6.07) is 12.4. The summed E-state index contributed by atoms with van der Waals surface area (Å²) in [6.07, 6.45) is 3.72. The number of likely N-dealkylation sites (tertiary alicyclic amines) is 3. The number of rotatable bonds is 9. The van der Waals surface area contributed by atoms with Gasteiger partial charge in [0.2, 0.25) is 5.91 Å². The SMILES string of the molecule is Cl.O=C(N[C@H](Cc1ccc(Cl)cc1Cl)C(=O)N1CCC(c2ccccc2OCCN2CC[C@@H](F)C2)CC1)N1CCCC1. The molecular formula is C31H40Cl3FN4O3. The third-order valence-electron chi connectivity index (χ3n) is 8.47. The standard InChI is InChI=1S/C31H39Cl2FN4O3.ClH/c32-24-8-7-23(27(33)20-24)19-28(35-31(40)38-12-3-4-13-38)30(39)37-15-9-22(10-16-37)26-5-1-2-6-29(26)41-18-17-36-14-11-25(34)21-36;/h1-2,5-8,20,22,25,28H,3-4,9-19,21H2,(H,35,40);1H/t25-,28-;/m1./s1. The lowest BCUT2D eigenvalue weighted by Crippen LogP contribution is -2.54. The first-order valence-corrected chi connectivity index (χ1v) is 15.5. The molecule has 7 nitrogen and oxygen atoms in total. The van der Waals surface area contributed by atoms with Crippen LogP contribution in [0.1, 0.15) is 49.1 Å². The molecule has 3 saturated heterocycles. The number of urea groups is 1. The molecule has 0 spiro atoms. The number of para-hydroxylation sites is 1. The van der Waals surface area contributed by atoms with Gasteiger partial charge in [0.1, 0.15) is 24.6 Å². The Bertz CT molecular complexity index is 1210. The van der Waals surface area contributed by atoms with Crippen LogP contribution >= 0.6 is 35.6 Å². The second kappa shape index (κ2) is 15.5. The van der Waals surface area contributed by atoms with Crippen LogP contribution in [0.25, 0.3) is 0 Å². The van der Waals surface area contributed by atoms with Gasteiger partial charge in [-0.15, -0.1) is 12.4 Å². The van der Waals surface area contributed by atoms with Crippen molar-refractivity contribution in [1.29, 1.82) is 0 Å². The summed E-state index contributed by atoms with van der Waals surface area (Å²) in [4.78, 5) is 32.5. The highest BCUT2D eigenvalue weighted by Crippen LogP contribution is 2.34. The van der Waals surface area contributed by atoms with Gasteiger partial charge in [-0.3, -0.25) is 9.69 Å². The van der Waals surface area contributed by atoms with Gasteiger partial charge < -0.3 is 19.9 Å². The van der Waals surface area contributed by atoms with Crippen molar-refractivity contribution < 1.29 is 18.7 Å². The van der Waals surface area contributed by atoms with E-state index in [1.165, 1.54) is 0 Å². The number of benzene rings is 2. The Balaban J connectivity index is 0.00000405. The maximum atomic E-state index is 13.8. The van der Waals surface area contributed by atoms with Crippen LogP contribution in [0, 0.1) is 0 Å². The summed E-state index contributed by atoms with van der Waals surface area (Å²) in [7, 11) is 0. The summed E-state index contributed by atoms with van der Waals surface area (Å²) < 4.78 is 19.7. The Labute approximate surface area is 264 Å². The highest BCUT2D eigenvalue weighted by atomic mass is 35.5. The number of hydrogen-bond donors (Lipinski definition) is 1. The second-order valence-corrected chi connectivity index (χ2v) is 12.2. The number of nitrogens with zero attached hydrogens (tertiary/aromatic N) is 3. The summed E-state index contributed by atoms with van der Waals surface area (Å²) in [5.74, 6) is 1.03. The predicted octanol–water partition coefficient (Wildman–Crippen LogP) is 5.96. The van der Waals surface area contributed by atoms with Crippen LogP contribution in [-0.2, 0) is 11.2 Å². The molecule has 2 aromatic rings. The molecule has 1 N–H and O–H groups in total. The van der Waals surface area contributed by atoms with E-state index in [2.05, 4.69) is 16.3 Å². The molecule has 2 atom stereocenters. The lowest BCUT2D eigenvalue weighted by molar-refractivity contribution is -0.134. The summed E-state index contributed by atoms with van der Waals surface area (Å²) >= 11 is 12.5. The van der Waals surface area contributed by atoms with Gasteiger partial charge in [-0.25, -0.2) is 9.18 Å². The van der Waals surface area contributed by atoms with E-state index < -0.39 is 12.2 Å². The maximum absolute atomic E-state index is 13.8. The fourth-order valence-electron chi connectivity index (χ4n) is 6.12. The Morgan fingerprint density at radius 1 is 0.976 bits per heavy atom. The molecule has 5 rings (SSSR count).